The number of nitrogens with one attached hydrogen (secondary N) is 1. The van der Waals surface area contributed by atoms with Crippen molar-refractivity contribution >= 4 is 37.3 Å². The van der Waals surface area contributed by atoms with E-state index < -0.39 is 10.0 Å². The van der Waals surface area contributed by atoms with Crippen molar-refractivity contribution in [3.05, 3.63) is 52.5 Å². The van der Waals surface area contributed by atoms with Gasteiger partial charge in [-0.05, 0) is 52.3 Å². The molecule has 0 atom stereocenters. The van der Waals surface area contributed by atoms with E-state index in [1.165, 1.54) is 30.3 Å². The maximum atomic E-state index is 12.2. The van der Waals surface area contributed by atoms with E-state index in [4.69, 9.17) is 11.0 Å². The second-order valence-corrected chi connectivity index (χ2v) is 6.52. The molecule has 0 amide bonds. The molecular weight excluding hydrogens is 342 g/mol. The van der Waals surface area contributed by atoms with E-state index in [-0.39, 0.29) is 10.5 Å². The Morgan fingerprint density at radius 2 is 1.95 bits per heavy atom. The first-order chi connectivity index (χ1) is 9.42. The molecular formula is C13H10BrN3O2S. The number of benzene rings is 2. The van der Waals surface area contributed by atoms with Crippen molar-refractivity contribution in [2.45, 2.75) is 4.90 Å². The Bertz CT molecular complexity index is 798. The van der Waals surface area contributed by atoms with Crippen molar-refractivity contribution in [1.29, 1.82) is 5.26 Å². The zero-order chi connectivity index (χ0) is 14.8. The average molecular weight is 352 g/mol. The topological polar surface area (TPSA) is 96.0 Å². The summed E-state index contributed by atoms with van der Waals surface area (Å²) in [6, 6.07) is 12.4. The molecule has 20 heavy (non-hydrogen) atoms. The molecule has 5 nitrogen and oxygen atoms in total. The minimum absolute atomic E-state index is 0.0260. The average Bonchev–Trinajstić information content (AvgIpc) is 2.43. The van der Waals surface area contributed by atoms with Gasteiger partial charge >= 0.3 is 0 Å². The summed E-state index contributed by atoms with van der Waals surface area (Å²) in [6.07, 6.45) is 0. The number of hydrogen-bond donors (Lipinski definition) is 2. The highest BCUT2D eigenvalue weighted by atomic mass is 79.9. The smallest absolute Gasteiger partial charge is 0.261 e. The Kier molecular flexibility index (Phi) is 3.97. The van der Waals surface area contributed by atoms with E-state index in [2.05, 4.69) is 20.7 Å². The Balaban J connectivity index is 2.35. The lowest BCUT2D eigenvalue weighted by atomic mass is 10.2. The van der Waals surface area contributed by atoms with Crippen LogP contribution in [0.2, 0.25) is 0 Å². The van der Waals surface area contributed by atoms with Crippen molar-refractivity contribution in [2.75, 3.05) is 10.5 Å². The molecule has 0 aliphatic carbocycles. The quantitative estimate of drug-likeness (QED) is 0.830. The monoisotopic (exact) mass is 351 g/mol. The van der Waals surface area contributed by atoms with Crippen LogP contribution in [0.4, 0.5) is 11.4 Å². The summed E-state index contributed by atoms with van der Waals surface area (Å²) in [6.45, 7) is 0. The first-order valence-corrected chi connectivity index (χ1v) is 7.78. The first-order valence-electron chi connectivity index (χ1n) is 5.50. The maximum Gasteiger partial charge on any atom is 0.261 e. The van der Waals surface area contributed by atoms with Gasteiger partial charge < -0.3 is 5.73 Å². The molecule has 2 aromatic carbocycles. The number of anilines is 2. The maximum absolute atomic E-state index is 12.2. The predicted molar refractivity (Wildman–Crippen MR) is 80.5 cm³/mol. The van der Waals surface area contributed by atoms with Crippen molar-refractivity contribution in [1.82, 2.24) is 0 Å². The molecule has 0 saturated carbocycles. The van der Waals surface area contributed by atoms with Crippen LogP contribution in [-0.2, 0) is 10.0 Å². The van der Waals surface area contributed by atoms with Crippen LogP contribution in [0.15, 0.2) is 51.8 Å². The molecule has 0 radical (unpaired) electrons. The molecule has 7 heteroatoms. The minimum atomic E-state index is -3.75. The van der Waals surface area contributed by atoms with E-state index in [0.717, 1.165) is 0 Å². The number of rotatable bonds is 3. The zero-order valence-corrected chi connectivity index (χ0v) is 12.6. The second kappa shape index (κ2) is 5.53. The molecule has 0 aliphatic rings. The summed E-state index contributed by atoms with van der Waals surface area (Å²) in [5.41, 5.74) is 6.76. The van der Waals surface area contributed by atoms with Crippen molar-refractivity contribution in [3.63, 3.8) is 0 Å². The van der Waals surface area contributed by atoms with Gasteiger partial charge in [0.05, 0.1) is 22.2 Å². The number of nitrogen functional groups attached to an aromatic ring is 1. The SMILES string of the molecule is N#Cc1cccc(S(=O)(=O)Nc2ccc(Br)c(N)c2)c1. The third kappa shape index (κ3) is 3.10. The fraction of sp³-hybridized carbons (Fsp3) is 0. The molecule has 102 valence electrons. The normalized spacial score (nSPS) is 10.8. The van der Waals surface area contributed by atoms with Crippen molar-refractivity contribution < 1.29 is 8.42 Å². The van der Waals surface area contributed by atoms with Gasteiger partial charge in [-0.1, -0.05) is 6.07 Å². The lowest BCUT2D eigenvalue weighted by Gasteiger charge is -2.09. The summed E-state index contributed by atoms with van der Waals surface area (Å²) in [4.78, 5) is 0.0260. The number of nitriles is 1. The zero-order valence-electron chi connectivity index (χ0n) is 10.2. The lowest BCUT2D eigenvalue weighted by Crippen LogP contribution is -2.13. The largest absolute Gasteiger partial charge is 0.398 e. The highest BCUT2D eigenvalue weighted by Crippen LogP contribution is 2.24. The number of sulfonamides is 1. The number of nitrogens with two attached hydrogens (primary N) is 1. The van der Waals surface area contributed by atoms with E-state index >= 15 is 0 Å². The van der Waals surface area contributed by atoms with Crippen LogP contribution in [0.25, 0.3) is 0 Å². The molecule has 2 rings (SSSR count). The predicted octanol–water partition coefficient (Wildman–Crippen LogP) is 2.70. The minimum Gasteiger partial charge on any atom is -0.398 e. The van der Waals surface area contributed by atoms with E-state index in [1.807, 2.05) is 6.07 Å². The molecule has 0 fully saturated rings. The van der Waals surface area contributed by atoms with Gasteiger partial charge in [0.15, 0.2) is 0 Å². The van der Waals surface area contributed by atoms with Crippen molar-refractivity contribution in [3.8, 4) is 6.07 Å². The first kappa shape index (κ1) is 14.4. The van der Waals surface area contributed by atoms with Gasteiger partial charge in [0, 0.05) is 10.2 Å². The standard InChI is InChI=1S/C13H10BrN3O2S/c14-12-5-4-10(7-13(12)16)17-20(18,19)11-3-1-2-9(6-11)8-15/h1-7,17H,16H2. The molecule has 2 aromatic rings. The molecule has 0 aliphatic heterocycles. The van der Waals surface area contributed by atoms with Gasteiger partial charge in [0.1, 0.15) is 0 Å². The van der Waals surface area contributed by atoms with Crippen LogP contribution in [-0.4, -0.2) is 8.42 Å². The van der Waals surface area contributed by atoms with Gasteiger partial charge in [-0.25, -0.2) is 8.42 Å². The highest BCUT2D eigenvalue weighted by molar-refractivity contribution is 9.10. The fourth-order valence-electron chi connectivity index (χ4n) is 1.55. The molecule has 0 spiro atoms. The number of hydrogen-bond acceptors (Lipinski definition) is 4. The summed E-state index contributed by atoms with van der Waals surface area (Å²) < 4.78 is 27.5. The third-order valence-electron chi connectivity index (χ3n) is 2.52. The molecule has 0 unspecified atom stereocenters. The van der Waals surface area contributed by atoms with Gasteiger partial charge in [-0.2, -0.15) is 5.26 Å². The van der Waals surface area contributed by atoms with E-state index in [0.29, 0.717) is 15.8 Å². The summed E-state index contributed by atoms with van der Waals surface area (Å²) in [7, 11) is -3.75. The second-order valence-electron chi connectivity index (χ2n) is 3.98. The van der Waals surface area contributed by atoms with Crippen LogP contribution >= 0.6 is 15.9 Å². The fourth-order valence-corrected chi connectivity index (χ4v) is 2.90. The summed E-state index contributed by atoms with van der Waals surface area (Å²) in [5.74, 6) is 0. The Morgan fingerprint density at radius 1 is 1.20 bits per heavy atom. The summed E-state index contributed by atoms with van der Waals surface area (Å²) in [5, 5.41) is 8.80. The Morgan fingerprint density at radius 3 is 2.60 bits per heavy atom. The molecule has 0 bridgehead atoms. The van der Waals surface area contributed by atoms with E-state index in [1.54, 1.807) is 12.1 Å². The molecule has 0 aromatic heterocycles. The van der Waals surface area contributed by atoms with Crippen LogP contribution < -0.4 is 10.5 Å². The molecule has 0 heterocycles. The van der Waals surface area contributed by atoms with Gasteiger partial charge in [0.25, 0.3) is 10.0 Å². The van der Waals surface area contributed by atoms with Crippen LogP contribution in [0.3, 0.4) is 0 Å². The van der Waals surface area contributed by atoms with Crippen molar-refractivity contribution in [2.24, 2.45) is 0 Å². The van der Waals surface area contributed by atoms with E-state index in [9.17, 15) is 8.42 Å². The van der Waals surface area contributed by atoms with Gasteiger partial charge in [-0.15, -0.1) is 0 Å². The molecule has 3 N–H and O–H groups in total. The van der Waals surface area contributed by atoms with Crippen LogP contribution in [0, 0.1) is 11.3 Å². The van der Waals surface area contributed by atoms with Crippen LogP contribution in [0.1, 0.15) is 5.56 Å². The lowest BCUT2D eigenvalue weighted by molar-refractivity contribution is 0.601. The van der Waals surface area contributed by atoms with Crippen LogP contribution in [0.5, 0.6) is 0 Å². The summed E-state index contributed by atoms with van der Waals surface area (Å²) >= 11 is 3.23. The highest BCUT2D eigenvalue weighted by Gasteiger charge is 2.15. The number of nitrogens with zero attached hydrogens (tertiary/aromatic N) is 1. The Labute approximate surface area is 125 Å². The van der Waals surface area contributed by atoms with Gasteiger partial charge in [0.2, 0.25) is 0 Å². The third-order valence-corrected chi connectivity index (χ3v) is 4.62. The number of halogens is 1. The Hall–Kier alpha value is -2.04. The van der Waals surface area contributed by atoms with Gasteiger partial charge in [-0.3, -0.25) is 4.72 Å². The molecule has 0 saturated heterocycles.